The Bertz CT molecular complexity index is 740. The molecule has 0 aliphatic rings. The zero-order valence-corrected chi connectivity index (χ0v) is 11.6. The predicted octanol–water partition coefficient (Wildman–Crippen LogP) is 1.52. The lowest BCUT2D eigenvalue weighted by atomic mass is 10.2. The summed E-state index contributed by atoms with van der Waals surface area (Å²) >= 11 is 1.45. The smallest absolute Gasteiger partial charge is 0.201 e. The third kappa shape index (κ3) is 2.19. The summed E-state index contributed by atoms with van der Waals surface area (Å²) in [4.78, 5) is 8.43. The van der Waals surface area contributed by atoms with Gasteiger partial charge in [-0.25, -0.2) is 15.8 Å². The number of aromatic nitrogens is 5. The number of hydrazine groups is 1. The van der Waals surface area contributed by atoms with Crippen LogP contribution >= 0.6 is 11.8 Å². The normalized spacial score (nSPS) is 10.9. The summed E-state index contributed by atoms with van der Waals surface area (Å²) < 4.78 is 1.92. The van der Waals surface area contributed by atoms with E-state index in [0.717, 1.165) is 27.8 Å². The van der Waals surface area contributed by atoms with Crippen LogP contribution in [0.15, 0.2) is 40.9 Å². The molecular formula is C12H13N7S. The van der Waals surface area contributed by atoms with Crippen LogP contribution < -0.4 is 11.3 Å². The molecule has 7 nitrogen and oxygen atoms in total. The first-order chi connectivity index (χ1) is 9.83. The van der Waals surface area contributed by atoms with Crippen LogP contribution in [0.3, 0.4) is 0 Å². The van der Waals surface area contributed by atoms with Gasteiger partial charge in [0.2, 0.25) is 5.16 Å². The van der Waals surface area contributed by atoms with Gasteiger partial charge in [0.1, 0.15) is 17.2 Å². The Morgan fingerprint density at radius 3 is 3.00 bits per heavy atom. The van der Waals surface area contributed by atoms with Crippen LogP contribution in [0, 0.1) is 0 Å². The molecule has 3 aromatic rings. The lowest BCUT2D eigenvalue weighted by Crippen LogP contribution is -2.12. The largest absolute Gasteiger partial charge is 0.308 e. The minimum absolute atomic E-state index is 0.638. The van der Waals surface area contributed by atoms with Crippen LogP contribution in [-0.2, 0) is 6.42 Å². The van der Waals surface area contributed by atoms with Gasteiger partial charge in [0.05, 0.1) is 0 Å². The van der Waals surface area contributed by atoms with Gasteiger partial charge in [0.15, 0.2) is 5.65 Å². The Hall–Kier alpha value is -2.19. The Morgan fingerprint density at radius 2 is 2.20 bits per heavy atom. The van der Waals surface area contributed by atoms with Crippen molar-refractivity contribution in [1.29, 1.82) is 0 Å². The van der Waals surface area contributed by atoms with Gasteiger partial charge in [-0.1, -0.05) is 13.0 Å². The van der Waals surface area contributed by atoms with E-state index in [2.05, 4.69) is 25.6 Å². The Balaban J connectivity index is 2.03. The molecule has 0 spiro atoms. The molecule has 0 aliphatic heterocycles. The van der Waals surface area contributed by atoms with E-state index in [4.69, 9.17) is 5.84 Å². The number of rotatable bonds is 4. The lowest BCUT2D eigenvalue weighted by molar-refractivity contribution is 0.899. The van der Waals surface area contributed by atoms with Crippen molar-refractivity contribution in [2.75, 3.05) is 5.43 Å². The maximum Gasteiger partial charge on any atom is 0.201 e. The minimum atomic E-state index is 0.638. The van der Waals surface area contributed by atoms with Gasteiger partial charge in [0, 0.05) is 11.8 Å². The molecule has 0 amide bonds. The zero-order chi connectivity index (χ0) is 13.9. The summed E-state index contributed by atoms with van der Waals surface area (Å²) in [5, 5.41) is 9.90. The van der Waals surface area contributed by atoms with Gasteiger partial charge in [-0.3, -0.25) is 4.40 Å². The van der Waals surface area contributed by atoms with E-state index in [-0.39, 0.29) is 0 Å². The van der Waals surface area contributed by atoms with E-state index in [1.807, 2.05) is 35.7 Å². The molecule has 0 unspecified atom stereocenters. The van der Waals surface area contributed by atoms with E-state index >= 15 is 0 Å². The van der Waals surface area contributed by atoms with Gasteiger partial charge in [-0.2, -0.15) is 0 Å². The summed E-state index contributed by atoms with van der Waals surface area (Å²) in [6, 6.07) is 5.77. The van der Waals surface area contributed by atoms with Crippen molar-refractivity contribution < 1.29 is 0 Å². The molecule has 3 rings (SSSR count). The molecule has 0 aromatic carbocycles. The highest BCUT2D eigenvalue weighted by Gasteiger charge is 2.13. The van der Waals surface area contributed by atoms with Gasteiger partial charge < -0.3 is 5.43 Å². The highest BCUT2D eigenvalue weighted by Crippen LogP contribution is 2.30. The number of pyridine rings is 1. The van der Waals surface area contributed by atoms with Crippen LogP contribution in [0.25, 0.3) is 5.65 Å². The van der Waals surface area contributed by atoms with E-state index in [1.54, 1.807) is 0 Å². The lowest BCUT2D eigenvalue weighted by Gasteiger charge is -2.09. The van der Waals surface area contributed by atoms with Crippen LogP contribution in [0.1, 0.15) is 12.5 Å². The van der Waals surface area contributed by atoms with E-state index < -0.39 is 0 Å². The summed E-state index contributed by atoms with van der Waals surface area (Å²) in [5.74, 6) is 6.11. The Morgan fingerprint density at radius 1 is 1.30 bits per heavy atom. The highest BCUT2D eigenvalue weighted by molar-refractivity contribution is 7.99. The van der Waals surface area contributed by atoms with Gasteiger partial charge in [-0.05, 0) is 30.3 Å². The number of fused-ring (bicyclic) bond motifs is 1. The molecule has 20 heavy (non-hydrogen) atoms. The number of nitrogen functional groups attached to an aromatic ring is 1. The second kappa shape index (κ2) is 5.43. The molecule has 0 saturated carbocycles. The van der Waals surface area contributed by atoms with Crippen molar-refractivity contribution in [2.45, 2.75) is 23.5 Å². The summed E-state index contributed by atoms with van der Waals surface area (Å²) in [7, 11) is 0. The van der Waals surface area contributed by atoms with Gasteiger partial charge >= 0.3 is 0 Å². The average Bonchev–Trinajstić information content (AvgIpc) is 2.90. The van der Waals surface area contributed by atoms with Crippen LogP contribution in [0.2, 0.25) is 0 Å². The quantitative estimate of drug-likeness (QED) is 0.427. The molecule has 0 fully saturated rings. The first-order valence-electron chi connectivity index (χ1n) is 6.11. The second-order valence-corrected chi connectivity index (χ2v) is 4.97. The molecule has 8 heteroatoms. The third-order valence-electron chi connectivity index (χ3n) is 2.87. The van der Waals surface area contributed by atoms with Crippen LogP contribution in [0.5, 0.6) is 0 Å². The monoisotopic (exact) mass is 287 g/mol. The fraction of sp³-hybridized carbons (Fsp3) is 0.167. The first-order valence-corrected chi connectivity index (χ1v) is 6.93. The molecule has 0 radical (unpaired) electrons. The van der Waals surface area contributed by atoms with Crippen molar-refractivity contribution >= 4 is 23.2 Å². The molecule has 3 heterocycles. The van der Waals surface area contributed by atoms with Crippen LogP contribution in [-0.4, -0.2) is 24.6 Å². The van der Waals surface area contributed by atoms with Crippen molar-refractivity contribution in [2.24, 2.45) is 5.84 Å². The van der Waals surface area contributed by atoms with Crippen molar-refractivity contribution in [3.63, 3.8) is 0 Å². The standard InChI is InChI=1S/C12H13N7S/c1-2-8-10(16-13)14-7-15-11(8)20-12-18-17-9-5-3-4-6-19(9)12/h3-7H,2,13H2,1H3,(H,14,15,16). The Kier molecular flexibility index (Phi) is 3.48. The maximum atomic E-state index is 5.48. The number of nitrogens with zero attached hydrogens (tertiary/aromatic N) is 5. The van der Waals surface area contributed by atoms with Gasteiger partial charge in [0.25, 0.3) is 0 Å². The average molecular weight is 287 g/mol. The fourth-order valence-electron chi connectivity index (χ4n) is 1.90. The molecule has 0 atom stereocenters. The predicted molar refractivity (Wildman–Crippen MR) is 76.3 cm³/mol. The SMILES string of the molecule is CCc1c(NN)ncnc1Sc1nnc2ccccn12. The fourth-order valence-corrected chi connectivity index (χ4v) is 2.87. The van der Waals surface area contributed by atoms with Crippen LogP contribution in [0.4, 0.5) is 5.82 Å². The van der Waals surface area contributed by atoms with E-state index in [9.17, 15) is 0 Å². The molecule has 0 aliphatic carbocycles. The van der Waals surface area contributed by atoms with Crippen molar-refractivity contribution in [3.8, 4) is 0 Å². The number of anilines is 1. The first kappa shape index (κ1) is 12.8. The topological polar surface area (TPSA) is 94.0 Å². The number of hydrogen-bond donors (Lipinski definition) is 2. The number of nitrogens with two attached hydrogens (primary N) is 1. The Labute approximate surface area is 119 Å². The summed E-state index contributed by atoms with van der Waals surface area (Å²) in [6.07, 6.45) is 4.19. The maximum absolute atomic E-state index is 5.48. The number of nitrogens with one attached hydrogen (secondary N) is 1. The second-order valence-electron chi connectivity index (χ2n) is 4.02. The minimum Gasteiger partial charge on any atom is -0.308 e. The zero-order valence-electron chi connectivity index (χ0n) is 10.8. The van der Waals surface area contributed by atoms with Gasteiger partial charge in [-0.15, -0.1) is 10.2 Å². The third-order valence-corrected chi connectivity index (χ3v) is 3.87. The molecule has 3 aromatic heterocycles. The van der Waals surface area contributed by atoms with E-state index in [1.165, 1.54) is 18.1 Å². The molecule has 0 bridgehead atoms. The highest BCUT2D eigenvalue weighted by atomic mass is 32.2. The molecule has 3 N–H and O–H groups in total. The van der Waals surface area contributed by atoms with Crippen molar-refractivity contribution in [1.82, 2.24) is 24.6 Å². The molecular weight excluding hydrogens is 274 g/mol. The molecule has 0 saturated heterocycles. The van der Waals surface area contributed by atoms with E-state index in [0.29, 0.717) is 5.82 Å². The summed E-state index contributed by atoms with van der Waals surface area (Å²) in [6.45, 7) is 2.03. The summed E-state index contributed by atoms with van der Waals surface area (Å²) in [5.41, 5.74) is 4.37. The number of hydrogen-bond acceptors (Lipinski definition) is 7. The molecule has 102 valence electrons. The van der Waals surface area contributed by atoms with Crippen molar-refractivity contribution in [3.05, 3.63) is 36.3 Å².